The minimum Gasteiger partial charge on any atom is -0.465 e. The smallest absolute Gasteiger partial charge is 0.227 e. The molecule has 4 rings (SSSR count). The summed E-state index contributed by atoms with van der Waals surface area (Å²) in [4.78, 5) is 19.3. The average Bonchev–Trinajstić information content (AvgIpc) is 3.07. The van der Waals surface area contributed by atoms with Gasteiger partial charge in [-0.15, -0.1) is 0 Å². The van der Waals surface area contributed by atoms with Crippen LogP contribution in [0.2, 0.25) is 0 Å². The Hall–Kier alpha value is -3.12. The molecule has 0 spiro atoms. The number of aromatic nitrogens is 1. The van der Waals surface area contributed by atoms with Crippen LogP contribution in [-0.4, -0.2) is 28.9 Å². The zero-order valence-corrected chi connectivity index (χ0v) is 17.4. The first-order valence-corrected chi connectivity index (χ1v) is 10.3. The average molecular weight is 405 g/mol. The predicted molar refractivity (Wildman–Crippen MR) is 116 cm³/mol. The minimum absolute atomic E-state index is 0.0153. The normalized spacial score (nSPS) is 15.1. The van der Waals surface area contributed by atoms with Gasteiger partial charge in [-0.1, -0.05) is 18.2 Å². The number of rotatable bonds is 6. The van der Waals surface area contributed by atoms with E-state index in [4.69, 9.17) is 9.15 Å². The largest absolute Gasteiger partial charge is 0.465 e. The first kappa shape index (κ1) is 20.2. The lowest BCUT2D eigenvalue weighted by Crippen LogP contribution is -2.37. The minimum atomic E-state index is 0.0153. The van der Waals surface area contributed by atoms with Gasteiger partial charge in [-0.05, 0) is 69.6 Å². The third-order valence-electron chi connectivity index (χ3n) is 5.52. The number of anilines is 1. The molecule has 0 atom stereocenters. The van der Waals surface area contributed by atoms with Crippen molar-refractivity contribution < 1.29 is 13.9 Å². The number of furan rings is 1. The molecule has 30 heavy (non-hydrogen) atoms. The number of para-hydroxylation sites is 1. The van der Waals surface area contributed by atoms with Crippen LogP contribution in [0, 0.1) is 19.8 Å². The second kappa shape index (κ2) is 9.13. The number of hydrogen-bond acceptors (Lipinski definition) is 5. The third kappa shape index (κ3) is 5.07. The Bertz CT molecular complexity index is 955. The van der Waals surface area contributed by atoms with Crippen molar-refractivity contribution in [1.29, 1.82) is 0 Å². The number of amides is 1. The maximum absolute atomic E-state index is 12.6. The van der Waals surface area contributed by atoms with E-state index < -0.39 is 0 Å². The lowest BCUT2D eigenvalue weighted by atomic mass is 9.95. The number of benzene rings is 1. The van der Waals surface area contributed by atoms with Crippen LogP contribution in [0.5, 0.6) is 11.6 Å². The highest BCUT2D eigenvalue weighted by Crippen LogP contribution is 2.24. The molecule has 0 bridgehead atoms. The molecule has 1 aromatic carbocycles. The molecule has 1 aliphatic heterocycles. The van der Waals surface area contributed by atoms with Crippen LogP contribution in [0.1, 0.15) is 29.9 Å². The fourth-order valence-corrected chi connectivity index (χ4v) is 3.67. The molecule has 0 aliphatic carbocycles. The molecule has 1 N–H and O–H groups in total. The molecule has 156 valence electrons. The van der Waals surface area contributed by atoms with Gasteiger partial charge in [0.1, 0.15) is 17.3 Å². The molecular formula is C24H27N3O3. The van der Waals surface area contributed by atoms with Crippen molar-refractivity contribution in [2.45, 2.75) is 33.2 Å². The number of pyridine rings is 1. The highest BCUT2D eigenvalue weighted by Gasteiger charge is 2.25. The van der Waals surface area contributed by atoms with E-state index in [1.807, 2.05) is 43.3 Å². The van der Waals surface area contributed by atoms with Crippen LogP contribution < -0.4 is 10.1 Å². The van der Waals surface area contributed by atoms with Crippen molar-refractivity contribution in [3.63, 3.8) is 0 Å². The van der Waals surface area contributed by atoms with E-state index in [1.165, 1.54) is 5.56 Å². The van der Waals surface area contributed by atoms with Crippen LogP contribution in [0.4, 0.5) is 5.69 Å². The zero-order chi connectivity index (χ0) is 20.9. The molecule has 0 radical (unpaired) electrons. The van der Waals surface area contributed by atoms with E-state index in [0.717, 1.165) is 49.7 Å². The van der Waals surface area contributed by atoms with E-state index in [-0.39, 0.29) is 11.8 Å². The summed E-state index contributed by atoms with van der Waals surface area (Å²) in [5.74, 6) is 3.27. The Kier molecular flexibility index (Phi) is 6.14. The fraction of sp³-hybridized carbons (Fsp3) is 0.333. The number of likely N-dealkylation sites (tertiary alicyclic amines) is 1. The molecule has 1 amide bonds. The number of nitrogens with zero attached hydrogens (tertiary/aromatic N) is 2. The van der Waals surface area contributed by atoms with Gasteiger partial charge in [-0.3, -0.25) is 9.69 Å². The topological polar surface area (TPSA) is 67.6 Å². The molecule has 6 nitrogen and oxygen atoms in total. The van der Waals surface area contributed by atoms with Gasteiger partial charge in [0.15, 0.2) is 0 Å². The molecule has 0 saturated carbocycles. The Morgan fingerprint density at radius 1 is 1.17 bits per heavy atom. The lowest BCUT2D eigenvalue weighted by molar-refractivity contribution is -0.121. The fourth-order valence-electron chi connectivity index (χ4n) is 3.67. The van der Waals surface area contributed by atoms with Crippen molar-refractivity contribution in [3.05, 3.63) is 71.8 Å². The summed E-state index contributed by atoms with van der Waals surface area (Å²) in [6, 6.07) is 15.2. The first-order valence-electron chi connectivity index (χ1n) is 10.3. The third-order valence-corrected chi connectivity index (χ3v) is 5.52. The molecule has 0 unspecified atom stereocenters. The van der Waals surface area contributed by atoms with Crippen molar-refractivity contribution >= 4 is 11.6 Å². The van der Waals surface area contributed by atoms with Gasteiger partial charge in [-0.25, -0.2) is 4.98 Å². The van der Waals surface area contributed by atoms with Crippen molar-refractivity contribution in [3.8, 4) is 11.6 Å². The van der Waals surface area contributed by atoms with Crippen molar-refractivity contribution in [2.75, 3.05) is 18.4 Å². The van der Waals surface area contributed by atoms with Gasteiger partial charge in [0.25, 0.3) is 0 Å². The number of carbonyl (C=O) groups is 1. The van der Waals surface area contributed by atoms with Crippen LogP contribution in [0.3, 0.4) is 0 Å². The van der Waals surface area contributed by atoms with Gasteiger partial charge in [0.2, 0.25) is 11.8 Å². The molecular weight excluding hydrogens is 378 g/mol. The molecule has 2 aromatic heterocycles. The van der Waals surface area contributed by atoms with Crippen LogP contribution in [0.25, 0.3) is 0 Å². The highest BCUT2D eigenvalue weighted by molar-refractivity contribution is 5.92. The summed E-state index contributed by atoms with van der Waals surface area (Å²) in [6.45, 7) is 6.63. The van der Waals surface area contributed by atoms with E-state index in [9.17, 15) is 4.79 Å². The van der Waals surface area contributed by atoms with Gasteiger partial charge >= 0.3 is 0 Å². The molecule has 1 saturated heterocycles. The lowest BCUT2D eigenvalue weighted by Gasteiger charge is -2.30. The summed E-state index contributed by atoms with van der Waals surface area (Å²) < 4.78 is 11.5. The van der Waals surface area contributed by atoms with E-state index in [1.54, 1.807) is 12.3 Å². The maximum atomic E-state index is 12.6. The van der Waals surface area contributed by atoms with Crippen molar-refractivity contribution in [1.82, 2.24) is 9.88 Å². The molecule has 6 heteroatoms. The number of nitrogens with one attached hydrogen (secondary N) is 1. The summed E-state index contributed by atoms with van der Waals surface area (Å²) in [7, 11) is 0. The number of aryl methyl sites for hydroxylation is 2. The Labute approximate surface area is 176 Å². The maximum Gasteiger partial charge on any atom is 0.227 e. The standard InChI is InChI=1S/C24H27N3O3/c1-17-14-22(29-18(17)2)16-27-12-10-19(11-13-27)24(28)26-20-8-9-23(25-15-20)30-21-6-4-3-5-7-21/h3-9,14-15,19H,10-13,16H2,1-2H3,(H,26,28). The zero-order valence-electron chi connectivity index (χ0n) is 17.4. The quantitative estimate of drug-likeness (QED) is 0.629. The van der Waals surface area contributed by atoms with E-state index in [2.05, 4.69) is 28.2 Å². The number of piperidine rings is 1. The summed E-state index contributed by atoms with van der Waals surface area (Å²) in [5, 5.41) is 2.98. The van der Waals surface area contributed by atoms with Gasteiger partial charge in [0.05, 0.1) is 18.4 Å². The number of carbonyl (C=O) groups excluding carboxylic acids is 1. The van der Waals surface area contributed by atoms with Crippen LogP contribution in [-0.2, 0) is 11.3 Å². The van der Waals surface area contributed by atoms with Crippen LogP contribution in [0.15, 0.2) is 59.1 Å². The monoisotopic (exact) mass is 405 g/mol. The second-order valence-electron chi connectivity index (χ2n) is 7.79. The molecule has 1 fully saturated rings. The molecule has 1 aliphatic rings. The van der Waals surface area contributed by atoms with Gasteiger partial charge in [0, 0.05) is 12.0 Å². The Balaban J connectivity index is 1.25. The Morgan fingerprint density at radius 3 is 2.57 bits per heavy atom. The second-order valence-corrected chi connectivity index (χ2v) is 7.79. The molecule has 3 aromatic rings. The van der Waals surface area contributed by atoms with Gasteiger partial charge < -0.3 is 14.5 Å². The van der Waals surface area contributed by atoms with E-state index in [0.29, 0.717) is 11.6 Å². The molecule has 3 heterocycles. The summed E-state index contributed by atoms with van der Waals surface area (Å²) in [5.41, 5.74) is 1.87. The summed E-state index contributed by atoms with van der Waals surface area (Å²) in [6.07, 6.45) is 3.31. The van der Waals surface area contributed by atoms with Crippen LogP contribution >= 0.6 is 0 Å². The van der Waals surface area contributed by atoms with Crippen molar-refractivity contribution in [2.24, 2.45) is 5.92 Å². The SMILES string of the molecule is Cc1cc(CN2CCC(C(=O)Nc3ccc(Oc4ccccc4)nc3)CC2)oc1C. The van der Waals surface area contributed by atoms with Gasteiger partial charge in [-0.2, -0.15) is 0 Å². The number of hydrogen-bond donors (Lipinski definition) is 1. The Morgan fingerprint density at radius 2 is 1.93 bits per heavy atom. The number of ether oxygens (including phenoxy) is 1. The van der Waals surface area contributed by atoms with E-state index >= 15 is 0 Å². The highest BCUT2D eigenvalue weighted by atomic mass is 16.5. The predicted octanol–water partition coefficient (Wildman–Crippen LogP) is 4.93. The summed E-state index contributed by atoms with van der Waals surface area (Å²) >= 11 is 0. The first-order chi connectivity index (χ1) is 14.6.